The van der Waals surface area contributed by atoms with E-state index in [0.29, 0.717) is 13.2 Å². The molecule has 142 valence electrons. The van der Waals surface area contributed by atoms with E-state index in [4.69, 9.17) is 9.47 Å². The van der Waals surface area contributed by atoms with Crippen LogP contribution in [0.4, 0.5) is 5.69 Å². The highest BCUT2D eigenvalue weighted by atomic mass is 16.5. The van der Waals surface area contributed by atoms with Crippen LogP contribution in [0, 0.1) is 0 Å². The minimum absolute atomic E-state index is 0.0129. The fraction of sp³-hybridized carbons (Fsp3) is 0.409. The Morgan fingerprint density at radius 3 is 2.67 bits per heavy atom. The molecule has 0 bridgehead atoms. The highest BCUT2D eigenvalue weighted by molar-refractivity contribution is 5.83. The van der Waals surface area contributed by atoms with E-state index >= 15 is 0 Å². The first kappa shape index (κ1) is 18.0. The number of fused-ring (bicyclic) bond motifs is 1. The summed E-state index contributed by atoms with van der Waals surface area (Å²) in [5, 5.41) is 0. The van der Waals surface area contributed by atoms with Crippen LogP contribution < -0.4 is 4.90 Å². The third-order valence-electron chi connectivity index (χ3n) is 5.34. The van der Waals surface area contributed by atoms with Gasteiger partial charge in [0, 0.05) is 32.4 Å². The third kappa shape index (κ3) is 3.84. The molecule has 0 saturated carbocycles. The summed E-state index contributed by atoms with van der Waals surface area (Å²) in [5.41, 5.74) is 4.55. The number of morpholine rings is 1. The van der Waals surface area contributed by atoms with E-state index in [9.17, 15) is 4.79 Å². The molecule has 5 heteroatoms. The molecule has 5 nitrogen and oxygen atoms in total. The Morgan fingerprint density at radius 2 is 1.81 bits per heavy atom. The predicted molar refractivity (Wildman–Crippen MR) is 105 cm³/mol. The highest BCUT2D eigenvalue weighted by Gasteiger charge is 2.30. The largest absolute Gasteiger partial charge is 0.378 e. The summed E-state index contributed by atoms with van der Waals surface area (Å²) in [4.78, 5) is 17.2. The maximum absolute atomic E-state index is 13.1. The molecule has 2 aromatic rings. The monoisotopic (exact) mass is 366 g/mol. The fourth-order valence-electron chi connectivity index (χ4n) is 3.89. The number of carbonyl (C=O) groups is 1. The molecule has 0 radical (unpaired) electrons. The van der Waals surface area contributed by atoms with Crippen molar-refractivity contribution in [1.29, 1.82) is 0 Å². The van der Waals surface area contributed by atoms with Crippen LogP contribution in [-0.4, -0.2) is 50.8 Å². The van der Waals surface area contributed by atoms with E-state index in [1.54, 1.807) is 4.90 Å². The molecule has 2 aromatic carbocycles. The molecule has 27 heavy (non-hydrogen) atoms. The normalized spacial score (nSPS) is 19.4. The predicted octanol–water partition coefficient (Wildman–Crippen LogP) is 2.80. The van der Waals surface area contributed by atoms with Gasteiger partial charge in [-0.05, 0) is 29.2 Å². The minimum atomic E-state index is -0.504. The van der Waals surface area contributed by atoms with Crippen molar-refractivity contribution in [2.24, 2.45) is 0 Å². The number of benzene rings is 2. The van der Waals surface area contributed by atoms with Gasteiger partial charge in [-0.2, -0.15) is 0 Å². The van der Waals surface area contributed by atoms with Crippen LogP contribution in [-0.2, 0) is 27.2 Å². The van der Waals surface area contributed by atoms with E-state index < -0.39 is 6.10 Å². The van der Waals surface area contributed by atoms with Gasteiger partial charge in [-0.15, -0.1) is 0 Å². The lowest BCUT2D eigenvalue weighted by atomic mass is 9.97. The summed E-state index contributed by atoms with van der Waals surface area (Å²) >= 11 is 0. The summed E-state index contributed by atoms with van der Waals surface area (Å²) < 4.78 is 11.3. The van der Waals surface area contributed by atoms with Crippen LogP contribution in [0.25, 0.3) is 0 Å². The Kier molecular flexibility index (Phi) is 5.41. The number of ether oxygens (including phenoxy) is 2. The Hall–Kier alpha value is -2.37. The van der Waals surface area contributed by atoms with Crippen LogP contribution in [0.15, 0.2) is 48.5 Å². The molecule has 2 aliphatic heterocycles. The van der Waals surface area contributed by atoms with Crippen molar-refractivity contribution in [3.05, 3.63) is 65.2 Å². The highest BCUT2D eigenvalue weighted by Crippen LogP contribution is 2.29. The first-order valence-electron chi connectivity index (χ1n) is 9.59. The lowest BCUT2D eigenvalue weighted by Crippen LogP contribution is -2.38. The molecule has 0 aliphatic carbocycles. The molecule has 1 saturated heterocycles. The van der Waals surface area contributed by atoms with Crippen molar-refractivity contribution in [2.45, 2.75) is 19.1 Å². The minimum Gasteiger partial charge on any atom is -0.378 e. The second-order valence-electron chi connectivity index (χ2n) is 7.12. The van der Waals surface area contributed by atoms with Gasteiger partial charge in [-0.1, -0.05) is 42.5 Å². The Morgan fingerprint density at radius 1 is 1.07 bits per heavy atom. The van der Waals surface area contributed by atoms with Gasteiger partial charge in [-0.3, -0.25) is 4.79 Å². The first-order valence-corrected chi connectivity index (χ1v) is 9.59. The SMILES string of the molecule is CN(Cc1ccccc1N1CCOCC1)C(=O)[C@H]1OCCc2ccccc21. The van der Waals surface area contributed by atoms with E-state index in [1.165, 1.54) is 11.3 Å². The molecule has 0 spiro atoms. The zero-order valence-electron chi connectivity index (χ0n) is 15.8. The molecule has 1 atom stereocenters. The van der Waals surface area contributed by atoms with Crippen LogP contribution in [0.1, 0.15) is 22.8 Å². The lowest BCUT2D eigenvalue weighted by molar-refractivity contribution is -0.144. The number of hydrogen-bond donors (Lipinski definition) is 0. The molecule has 0 unspecified atom stereocenters. The summed E-state index contributed by atoms with van der Waals surface area (Å²) in [6, 6.07) is 16.4. The Labute approximate surface area is 160 Å². The van der Waals surface area contributed by atoms with Crippen LogP contribution >= 0.6 is 0 Å². The van der Waals surface area contributed by atoms with Crippen molar-refractivity contribution < 1.29 is 14.3 Å². The zero-order valence-corrected chi connectivity index (χ0v) is 15.8. The number of likely N-dealkylation sites (N-methyl/N-ethyl adjacent to an activating group) is 1. The van der Waals surface area contributed by atoms with Crippen molar-refractivity contribution >= 4 is 11.6 Å². The van der Waals surface area contributed by atoms with Crippen molar-refractivity contribution in [3.8, 4) is 0 Å². The molecule has 2 heterocycles. The van der Waals surface area contributed by atoms with Crippen molar-refractivity contribution in [2.75, 3.05) is 44.9 Å². The van der Waals surface area contributed by atoms with E-state index in [1.807, 2.05) is 31.3 Å². The molecular weight excluding hydrogens is 340 g/mol. The smallest absolute Gasteiger partial charge is 0.256 e. The topological polar surface area (TPSA) is 42.0 Å². The van der Waals surface area contributed by atoms with E-state index in [-0.39, 0.29) is 5.91 Å². The number of nitrogens with zero attached hydrogens (tertiary/aromatic N) is 2. The second-order valence-corrected chi connectivity index (χ2v) is 7.12. The molecule has 1 amide bonds. The van der Waals surface area contributed by atoms with Gasteiger partial charge in [0.1, 0.15) is 0 Å². The average molecular weight is 366 g/mol. The van der Waals surface area contributed by atoms with Gasteiger partial charge in [0.05, 0.1) is 19.8 Å². The van der Waals surface area contributed by atoms with Gasteiger partial charge in [0.25, 0.3) is 5.91 Å². The quantitative estimate of drug-likeness (QED) is 0.835. The van der Waals surface area contributed by atoms with E-state index in [2.05, 4.69) is 29.2 Å². The maximum atomic E-state index is 13.1. The average Bonchev–Trinajstić information content (AvgIpc) is 2.74. The molecule has 4 rings (SSSR count). The number of anilines is 1. The van der Waals surface area contributed by atoms with Crippen LogP contribution in [0.5, 0.6) is 0 Å². The lowest BCUT2D eigenvalue weighted by Gasteiger charge is -2.32. The number of carbonyl (C=O) groups excluding carboxylic acids is 1. The Balaban J connectivity index is 1.52. The molecule has 0 aromatic heterocycles. The third-order valence-corrected chi connectivity index (χ3v) is 5.34. The number of para-hydroxylation sites is 1. The zero-order chi connectivity index (χ0) is 18.6. The van der Waals surface area contributed by atoms with Crippen molar-refractivity contribution in [1.82, 2.24) is 4.90 Å². The summed E-state index contributed by atoms with van der Waals surface area (Å²) in [5.74, 6) is 0.0129. The van der Waals surface area contributed by atoms with Gasteiger partial charge in [-0.25, -0.2) is 0 Å². The molecule has 1 fully saturated rings. The molecular formula is C22H26N2O3. The maximum Gasteiger partial charge on any atom is 0.256 e. The number of amides is 1. The van der Waals surface area contributed by atoms with Crippen LogP contribution in [0.2, 0.25) is 0 Å². The summed E-state index contributed by atoms with van der Waals surface area (Å²) in [7, 11) is 1.86. The van der Waals surface area contributed by atoms with Gasteiger partial charge >= 0.3 is 0 Å². The van der Waals surface area contributed by atoms with Crippen molar-refractivity contribution in [3.63, 3.8) is 0 Å². The Bertz CT molecular complexity index is 802. The van der Waals surface area contributed by atoms with Crippen LogP contribution in [0.3, 0.4) is 0 Å². The summed E-state index contributed by atoms with van der Waals surface area (Å²) in [6.45, 7) is 4.41. The fourth-order valence-corrected chi connectivity index (χ4v) is 3.89. The van der Waals surface area contributed by atoms with Gasteiger partial charge in [0.2, 0.25) is 0 Å². The van der Waals surface area contributed by atoms with E-state index in [0.717, 1.165) is 43.9 Å². The molecule has 0 N–H and O–H groups in total. The van der Waals surface area contributed by atoms with Gasteiger partial charge < -0.3 is 19.3 Å². The second kappa shape index (κ2) is 8.11. The van der Waals surface area contributed by atoms with Gasteiger partial charge in [0.15, 0.2) is 6.10 Å². The standard InChI is InChI=1S/C22H26N2O3/c1-23(22(25)21-19-8-4-2-6-17(19)10-13-27-21)16-18-7-3-5-9-20(18)24-11-14-26-15-12-24/h2-9,21H,10-16H2,1H3/t21-/m0/s1. The number of hydrogen-bond acceptors (Lipinski definition) is 4. The summed E-state index contributed by atoms with van der Waals surface area (Å²) in [6.07, 6.45) is 0.360. The molecule has 2 aliphatic rings. The number of rotatable bonds is 4. The first-order chi connectivity index (χ1) is 13.2.